The van der Waals surface area contributed by atoms with Gasteiger partial charge < -0.3 is 9.42 Å². The zero-order valence-electron chi connectivity index (χ0n) is 3.93. The second-order valence-electron chi connectivity index (χ2n) is 1.26. The monoisotopic (exact) mass is 108 g/mol. The molecule has 0 aliphatic carbocycles. The Morgan fingerprint density at radius 1 is 1.67 bits per heavy atom. The van der Waals surface area contributed by atoms with Crippen LogP contribution in [-0.4, -0.2) is 11.0 Å². The summed E-state index contributed by atoms with van der Waals surface area (Å²) in [6, 6.07) is 0. The number of rotatable bonds is 2. The van der Waals surface area contributed by atoms with Crippen molar-refractivity contribution in [2.45, 2.75) is 20.0 Å². The molecule has 0 fully saturated rings. The molecule has 38 valence electrons. The molecule has 0 saturated carbocycles. The molecule has 6 heavy (non-hydrogen) atoms. The van der Waals surface area contributed by atoms with Crippen molar-refractivity contribution in [1.82, 2.24) is 0 Å². The van der Waals surface area contributed by atoms with Crippen LogP contribution in [-0.2, 0) is 4.52 Å². The van der Waals surface area contributed by atoms with Crippen molar-refractivity contribution in [1.29, 1.82) is 0 Å². The fraction of sp³-hybridized carbons (Fsp3) is 1.00. The van der Waals surface area contributed by atoms with Crippen molar-refractivity contribution in [2.24, 2.45) is 0 Å². The van der Waals surface area contributed by atoms with Crippen molar-refractivity contribution in [3.8, 4) is 0 Å². The lowest BCUT2D eigenvalue weighted by atomic mass is 10.5. The molecule has 0 rings (SSSR count). The van der Waals surface area contributed by atoms with Crippen LogP contribution in [0.5, 0.6) is 0 Å². The second kappa shape index (κ2) is 3.54. The third-order valence-electron chi connectivity index (χ3n) is 0.288. The van der Waals surface area contributed by atoms with Crippen LogP contribution in [0, 0.1) is 0 Å². The minimum absolute atomic E-state index is 0.160. The summed E-state index contributed by atoms with van der Waals surface area (Å²) in [7, 11) is -0.362. The van der Waals surface area contributed by atoms with E-state index in [-0.39, 0.29) is 15.1 Å². The van der Waals surface area contributed by atoms with Crippen molar-refractivity contribution < 1.29 is 9.42 Å². The summed E-state index contributed by atoms with van der Waals surface area (Å²) in [6.07, 6.45) is 0.160. The zero-order valence-corrected chi connectivity index (χ0v) is 4.93. The van der Waals surface area contributed by atoms with Gasteiger partial charge >= 0.3 is 0 Å². The Labute approximate surface area is 39.5 Å². The molecule has 0 bridgehead atoms. The third-order valence-corrected chi connectivity index (χ3v) is 0.865. The molecule has 0 aromatic carbocycles. The molecule has 0 radical (unpaired) electrons. The van der Waals surface area contributed by atoms with Crippen LogP contribution in [0.15, 0.2) is 0 Å². The van der Waals surface area contributed by atoms with Gasteiger partial charge in [-0.15, -0.1) is 0 Å². The molecule has 0 aromatic heterocycles. The lowest BCUT2D eigenvalue weighted by molar-refractivity contribution is 0.254. The summed E-state index contributed by atoms with van der Waals surface area (Å²) < 4.78 is 4.62. The standard InChI is InChI=1S/C3H9O2P/c1-3(2)5-6-4/h3-4,6H,1-2H3. The Morgan fingerprint density at radius 2 is 2.17 bits per heavy atom. The maximum absolute atomic E-state index is 8.04. The maximum Gasteiger partial charge on any atom is 0.152 e. The molecule has 2 nitrogen and oxygen atoms in total. The normalized spacial score (nSPS) is 12.0. The first-order chi connectivity index (χ1) is 2.77. The van der Waals surface area contributed by atoms with Gasteiger partial charge in [0.05, 0.1) is 6.10 Å². The van der Waals surface area contributed by atoms with E-state index < -0.39 is 0 Å². The molecule has 0 aliphatic rings. The highest BCUT2D eigenvalue weighted by Crippen LogP contribution is 2.06. The molecule has 0 aliphatic heterocycles. The fourth-order valence-electron chi connectivity index (χ4n) is 0.105. The molecular formula is C3H9O2P. The first-order valence-electron chi connectivity index (χ1n) is 1.82. The zero-order chi connectivity index (χ0) is 4.99. The molecule has 0 spiro atoms. The summed E-state index contributed by atoms with van der Waals surface area (Å²) >= 11 is 0. The van der Waals surface area contributed by atoms with Gasteiger partial charge in [0.25, 0.3) is 0 Å². The quantitative estimate of drug-likeness (QED) is 0.533. The SMILES string of the molecule is CC(C)OPO. The Balaban J connectivity index is 2.63. The molecule has 0 amide bonds. The highest BCUT2D eigenvalue weighted by Gasteiger charge is 1.85. The van der Waals surface area contributed by atoms with Gasteiger partial charge in [0.15, 0.2) is 9.03 Å². The second-order valence-corrected chi connectivity index (χ2v) is 1.68. The minimum Gasteiger partial charge on any atom is -0.352 e. The van der Waals surface area contributed by atoms with Crippen LogP contribution in [0.1, 0.15) is 13.8 Å². The molecule has 1 atom stereocenters. The van der Waals surface area contributed by atoms with Crippen LogP contribution in [0.25, 0.3) is 0 Å². The van der Waals surface area contributed by atoms with Crippen molar-refractivity contribution in [3.63, 3.8) is 0 Å². The summed E-state index contributed by atoms with van der Waals surface area (Å²) in [5, 5.41) is 0. The van der Waals surface area contributed by atoms with Gasteiger partial charge in [-0.05, 0) is 13.8 Å². The van der Waals surface area contributed by atoms with Crippen molar-refractivity contribution >= 4 is 9.03 Å². The first kappa shape index (κ1) is 6.35. The Morgan fingerprint density at radius 3 is 2.17 bits per heavy atom. The Hall–Kier alpha value is 0.350. The fourth-order valence-corrected chi connectivity index (χ4v) is 0.316. The van der Waals surface area contributed by atoms with E-state index in [1.54, 1.807) is 0 Å². The molecule has 0 heterocycles. The van der Waals surface area contributed by atoms with Crippen molar-refractivity contribution in [2.75, 3.05) is 0 Å². The van der Waals surface area contributed by atoms with E-state index in [4.69, 9.17) is 4.89 Å². The third kappa shape index (κ3) is 4.35. The van der Waals surface area contributed by atoms with E-state index >= 15 is 0 Å². The highest BCUT2D eigenvalue weighted by atomic mass is 31.1. The van der Waals surface area contributed by atoms with E-state index in [2.05, 4.69) is 4.52 Å². The molecule has 1 unspecified atom stereocenters. The maximum atomic E-state index is 8.04. The predicted molar refractivity (Wildman–Crippen MR) is 26.8 cm³/mol. The molecular weight excluding hydrogens is 99.0 g/mol. The van der Waals surface area contributed by atoms with Gasteiger partial charge in [0.2, 0.25) is 0 Å². The topological polar surface area (TPSA) is 29.5 Å². The lowest BCUT2D eigenvalue weighted by Gasteiger charge is -1.98. The van der Waals surface area contributed by atoms with E-state index in [9.17, 15) is 0 Å². The average Bonchev–Trinajstić information content (AvgIpc) is 1.35. The molecule has 0 saturated heterocycles. The first-order valence-corrected chi connectivity index (χ1v) is 2.67. The van der Waals surface area contributed by atoms with E-state index in [0.717, 1.165) is 0 Å². The van der Waals surface area contributed by atoms with Crippen LogP contribution < -0.4 is 0 Å². The number of hydrogen-bond donors (Lipinski definition) is 1. The molecule has 1 N–H and O–H groups in total. The Kier molecular flexibility index (Phi) is 3.74. The van der Waals surface area contributed by atoms with Crippen LogP contribution >= 0.6 is 9.03 Å². The summed E-state index contributed by atoms with van der Waals surface area (Å²) in [5.41, 5.74) is 0. The largest absolute Gasteiger partial charge is 0.352 e. The van der Waals surface area contributed by atoms with E-state index in [1.807, 2.05) is 13.8 Å². The smallest absolute Gasteiger partial charge is 0.152 e. The summed E-state index contributed by atoms with van der Waals surface area (Å²) in [6.45, 7) is 3.76. The van der Waals surface area contributed by atoms with E-state index in [1.165, 1.54) is 0 Å². The van der Waals surface area contributed by atoms with Crippen molar-refractivity contribution in [3.05, 3.63) is 0 Å². The number of hydrogen-bond acceptors (Lipinski definition) is 2. The van der Waals surface area contributed by atoms with Gasteiger partial charge in [-0.1, -0.05) is 0 Å². The van der Waals surface area contributed by atoms with Gasteiger partial charge in [-0.2, -0.15) is 0 Å². The van der Waals surface area contributed by atoms with Crippen LogP contribution in [0.4, 0.5) is 0 Å². The van der Waals surface area contributed by atoms with Gasteiger partial charge in [0, 0.05) is 0 Å². The van der Waals surface area contributed by atoms with Gasteiger partial charge in [-0.3, -0.25) is 0 Å². The Bertz CT molecular complexity index is 30.0. The van der Waals surface area contributed by atoms with Crippen LogP contribution in [0.3, 0.4) is 0 Å². The predicted octanol–water partition coefficient (Wildman–Crippen LogP) is 0.912. The lowest BCUT2D eigenvalue weighted by Crippen LogP contribution is -1.91. The molecule has 3 heteroatoms. The van der Waals surface area contributed by atoms with Crippen LogP contribution in [0.2, 0.25) is 0 Å². The van der Waals surface area contributed by atoms with E-state index in [0.29, 0.717) is 0 Å². The highest BCUT2D eigenvalue weighted by molar-refractivity contribution is 7.24. The van der Waals surface area contributed by atoms with Gasteiger partial charge in [-0.25, -0.2) is 0 Å². The summed E-state index contributed by atoms with van der Waals surface area (Å²) in [4.78, 5) is 8.04. The molecule has 0 aromatic rings. The minimum atomic E-state index is -0.362. The summed E-state index contributed by atoms with van der Waals surface area (Å²) in [5.74, 6) is 0. The average molecular weight is 108 g/mol. The van der Waals surface area contributed by atoms with Gasteiger partial charge in [0.1, 0.15) is 0 Å².